The first-order chi connectivity index (χ1) is 14.0. The monoisotopic (exact) mass is 401 g/mol. The molecule has 0 bridgehead atoms. The van der Waals surface area contributed by atoms with Crippen molar-refractivity contribution in [3.8, 4) is 11.5 Å². The molecule has 8 nitrogen and oxygen atoms in total. The van der Waals surface area contributed by atoms with Crippen molar-refractivity contribution in [2.75, 3.05) is 33.9 Å². The maximum atomic E-state index is 12.2. The van der Waals surface area contributed by atoms with Gasteiger partial charge in [0.2, 0.25) is 0 Å². The third-order valence-electron chi connectivity index (χ3n) is 5.22. The molecule has 1 N–H and O–H groups in total. The summed E-state index contributed by atoms with van der Waals surface area (Å²) in [6.45, 7) is 7.46. The van der Waals surface area contributed by atoms with Gasteiger partial charge >= 0.3 is 0 Å². The molecule has 1 aromatic heterocycles. The zero-order chi connectivity index (χ0) is 20.8. The molecule has 29 heavy (non-hydrogen) atoms. The van der Waals surface area contributed by atoms with E-state index in [2.05, 4.69) is 40.4 Å². The number of nitrogens with zero attached hydrogens (tertiary/aromatic N) is 4. The normalized spacial score (nSPS) is 15.5. The SMILES string of the molecule is COc1cccc(CN2CCC(n3cc(C(=O)NCC(C)C)nn3)CC2)c1OC. The van der Waals surface area contributed by atoms with Gasteiger partial charge in [0.05, 0.1) is 26.5 Å². The summed E-state index contributed by atoms with van der Waals surface area (Å²) in [5.74, 6) is 1.80. The molecule has 1 aromatic carbocycles. The largest absolute Gasteiger partial charge is 0.493 e. The van der Waals surface area contributed by atoms with Crippen LogP contribution in [0.1, 0.15) is 48.8 Å². The van der Waals surface area contributed by atoms with Crippen molar-refractivity contribution >= 4 is 5.91 Å². The van der Waals surface area contributed by atoms with Crippen molar-refractivity contribution < 1.29 is 14.3 Å². The second-order valence-electron chi connectivity index (χ2n) is 7.85. The van der Waals surface area contributed by atoms with E-state index in [0.29, 0.717) is 18.2 Å². The summed E-state index contributed by atoms with van der Waals surface area (Å²) in [6.07, 6.45) is 3.69. The van der Waals surface area contributed by atoms with Crippen LogP contribution < -0.4 is 14.8 Å². The molecule has 158 valence electrons. The minimum absolute atomic E-state index is 0.160. The second kappa shape index (κ2) is 9.73. The lowest BCUT2D eigenvalue weighted by Crippen LogP contribution is -2.34. The average Bonchev–Trinajstić information content (AvgIpc) is 3.22. The minimum atomic E-state index is -0.160. The molecule has 0 spiro atoms. The number of para-hydroxylation sites is 1. The fourth-order valence-electron chi connectivity index (χ4n) is 3.61. The Morgan fingerprint density at radius 1 is 1.24 bits per heavy atom. The molecular formula is C21H31N5O3. The van der Waals surface area contributed by atoms with Crippen molar-refractivity contribution in [3.05, 3.63) is 35.7 Å². The third kappa shape index (κ3) is 5.26. The molecule has 0 unspecified atom stereocenters. The van der Waals surface area contributed by atoms with Gasteiger partial charge in [0.15, 0.2) is 17.2 Å². The smallest absolute Gasteiger partial charge is 0.273 e. The minimum Gasteiger partial charge on any atom is -0.493 e. The lowest BCUT2D eigenvalue weighted by molar-refractivity contribution is 0.0944. The van der Waals surface area contributed by atoms with Crippen LogP contribution >= 0.6 is 0 Å². The number of hydrogen-bond donors (Lipinski definition) is 1. The molecule has 0 atom stereocenters. The predicted octanol–water partition coefficient (Wildman–Crippen LogP) is 2.52. The summed E-state index contributed by atoms with van der Waals surface area (Å²) in [7, 11) is 3.33. The van der Waals surface area contributed by atoms with Crippen molar-refractivity contribution in [3.63, 3.8) is 0 Å². The Morgan fingerprint density at radius 2 is 2.00 bits per heavy atom. The number of amides is 1. The molecule has 0 radical (unpaired) electrons. The lowest BCUT2D eigenvalue weighted by atomic mass is 10.0. The number of rotatable bonds is 8. The number of carbonyl (C=O) groups excluding carboxylic acids is 1. The summed E-state index contributed by atoms with van der Waals surface area (Å²) in [5, 5.41) is 11.1. The number of piperidine rings is 1. The Labute approximate surface area is 172 Å². The van der Waals surface area contributed by atoms with Crippen molar-refractivity contribution in [1.82, 2.24) is 25.2 Å². The van der Waals surface area contributed by atoms with Gasteiger partial charge in [-0.25, -0.2) is 4.68 Å². The Morgan fingerprint density at radius 3 is 2.66 bits per heavy atom. The van der Waals surface area contributed by atoms with Gasteiger partial charge < -0.3 is 14.8 Å². The summed E-state index contributed by atoms with van der Waals surface area (Å²) >= 11 is 0. The van der Waals surface area contributed by atoms with Crippen molar-refractivity contribution in [2.24, 2.45) is 5.92 Å². The highest BCUT2D eigenvalue weighted by atomic mass is 16.5. The number of methoxy groups -OCH3 is 2. The van der Waals surface area contributed by atoms with E-state index in [4.69, 9.17) is 9.47 Å². The molecule has 1 amide bonds. The standard InChI is InChI=1S/C21H31N5O3/c1-15(2)12-22-21(27)18-14-26(24-23-18)17-8-10-25(11-9-17)13-16-6-5-7-19(28-3)20(16)29-4/h5-7,14-15,17H,8-13H2,1-4H3,(H,22,27). The first kappa shape index (κ1) is 21.1. The van der Waals surface area contributed by atoms with Gasteiger partial charge in [0.1, 0.15) is 0 Å². The predicted molar refractivity (Wildman–Crippen MR) is 110 cm³/mol. The topological polar surface area (TPSA) is 81.5 Å². The Hall–Kier alpha value is -2.61. The number of nitrogens with one attached hydrogen (secondary N) is 1. The molecule has 3 rings (SSSR count). The summed E-state index contributed by atoms with van der Waals surface area (Å²) in [4.78, 5) is 14.6. The highest BCUT2D eigenvalue weighted by molar-refractivity contribution is 5.91. The van der Waals surface area contributed by atoms with Crippen LogP contribution in [0.5, 0.6) is 11.5 Å². The third-order valence-corrected chi connectivity index (χ3v) is 5.22. The van der Waals surface area contributed by atoms with E-state index < -0.39 is 0 Å². The molecule has 1 aliphatic heterocycles. The van der Waals surface area contributed by atoms with Crippen LogP contribution in [0.15, 0.2) is 24.4 Å². The summed E-state index contributed by atoms with van der Waals surface area (Å²) in [5.41, 5.74) is 1.50. The van der Waals surface area contributed by atoms with Crippen LogP contribution in [-0.2, 0) is 6.54 Å². The molecule has 1 saturated heterocycles. The number of carbonyl (C=O) groups is 1. The van der Waals surface area contributed by atoms with Crippen LogP contribution in [-0.4, -0.2) is 59.7 Å². The zero-order valence-corrected chi connectivity index (χ0v) is 17.7. The van der Waals surface area contributed by atoms with E-state index >= 15 is 0 Å². The van der Waals surface area contributed by atoms with Crippen LogP contribution in [0.2, 0.25) is 0 Å². The molecule has 8 heteroatoms. The Balaban J connectivity index is 1.56. The van der Waals surface area contributed by atoms with E-state index in [-0.39, 0.29) is 11.9 Å². The number of benzene rings is 1. The number of hydrogen-bond acceptors (Lipinski definition) is 6. The van der Waals surface area contributed by atoms with Crippen LogP contribution in [0.25, 0.3) is 0 Å². The van der Waals surface area contributed by atoms with Gasteiger partial charge in [-0.1, -0.05) is 31.2 Å². The number of aromatic nitrogens is 3. The van der Waals surface area contributed by atoms with Gasteiger partial charge in [-0.15, -0.1) is 5.10 Å². The summed E-state index contributed by atoms with van der Waals surface area (Å²) in [6, 6.07) is 6.24. The van der Waals surface area contributed by atoms with Crippen LogP contribution in [0.3, 0.4) is 0 Å². The maximum Gasteiger partial charge on any atom is 0.273 e. The molecule has 2 aromatic rings. The Bertz CT molecular complexity index is 812. The molecular weight excluding hydrogens is 370 g/mol. The number of likely N-dealkylation sites (tertiary alicyclic amines) is 1. The highest BCUT2D eigenvalue weighted by Gasteiger charge is 2.24. The van der Waals surface area contributed by atoms with Crippen molar-refractivity contribution in [2.45, 2.75) is 39.3 Å². The molecule has 1 fully saturated rings. The van der Waals surface area contributed by atoms with Gasteiger partial charge in [-0.2, -0.15) is 0 Å². The van der Waals surface area contributed by atoms with Crippen molar-refractivity contribution in [1.29, 1.82) is 0 Å². The fraction of sp³-hybridized carbons (Fsp3) is 0.571. The van der Waals surface area contributed by atoms with Gasteiger partial charge in [0.25, 0.3) is 5.91 Å². The van der Waals surface area contributed by atoms with E-state index in [1.165, 1.54) is 0 Å². The molecule has 1 aliphatic rings. The first-order valence-electron chi connectivity index (χ1n) is 10.1. The van der Waals surface area contributed by atoms with Gasteiger partial charge in [-0.05, 0) is 24.8 Å². The van der Waals surface area contributed by atoms with E-state index in [1.54, 1.807) is 20.4 Å². The van der Waals surface area contributed by atoms with E-state index in [1.807, 2.05) is 16.8 Å². The van der Waals surface area contributed by atoms with E-state index in [0.717, 1.165) is 49.5 Å². The second-order valence-corrected chi connectivity index (χ2v) is 7.85. The lowest BCUT2D eigenvalue weighted by Gasteiger charge is -2.32. The molecule has 0 aliphatic carbocycles. The van der Waals surface area contributed by atoms with Gasteiger partial charge in [-0.3, -0.25) is 9.69 Å². The number of ether oxygens (including phenoxy) is 2. The Kier molecular flexibility index (Phi) is 7.09. The maximum absolute atomic E-state index is 12.2. The molecule has 2 heterocycles. The van der Waals surface area contributed by atoms with Gasteiger partial charge in [0, 0.05) is 31.7 Å². The van der Waals surface area contributed by atoms with E-state index in [9.17, 15) is 4.79 Å². The zero-order valence-electron chi connectivity index (χ0n) is 17.7. The molecule has 0 saturated carbocycles. The fourth-order valence-corrected chi connectivity index (χ4v) is 3.61. The summed E-state index contributed by atoms with van der Waals surface area (Å²) < 4.78 is 12.8. The highest BCUT2D eigenvalue weighted by Crippen LogP contribution is 2.32. The quantitative estimate of drug-likeness (QED) is 0.732. The average molecular weight is 402 g/mol. The van der Waals surface area contributed by atoms with Crippen LogP contribution in [0.4, 0.5) is 0 Å². The first-order valence-corrected chi connectivity index (χ1v) is 10.1. The van der Waals surface area contributed by atoms with Crippen LogP contribution in [0, 0.1) is 5.92 Å².